The molecule has 1 aromatic carbocycles. The van der Waals surface area contributed by atoms with E-state index in [-0.39, 0.29) is 0 Å². The summed E-state index contributed by atoms with van der Waals surface area (Å²) < 4.78 is 10.6. The molecule has 3 nitrogen and oxygen atoms in total. The van der Waals surface area contributed by atoms with Crippen molar-refractivity contribution in [1.82, 2.24) is 5.32 Å². The SMILES string of the molecule is COCc1cc(C2CCCCN2)ccc1OC. The van der Waals surface area contributed by atoms with E-state index in [1.54, 1.807) is 14.2 Å². The number of ether oxygens (including phenoxy) is 2. The highest BCUT2D eigenvalue weighted by Gasteiger charge is 2.16. The first kappa shape index (κ1) is 12.4. The van der Waals surface area contributed by atoms with E-state index in [4.69, 9.17) is 9.47 Å². The Bertz CT molecular complexity index is 359. The minimum Gasteiger partial charge on any atom is -0.496 e. The number of rotatable bonds is 4. The summed E-state index contributed by atoms with van der Waals surface area (Å²) in [6.45, 7) is 1.72. The van der Waals surface area contributed by atoms with Gasteiger partial charge in [-0.25, -0.2) is 0 Å². The van der Waals surface area contributed by atoms with Gasteiger partial charge in [0, 0.05) is 18.7 Å². The summed E-state index contributed by atoms with van der Waals surface area (Å²) in [4.78, 5) is 0. The lowest BCUT2D eigenvalue weighted by atomic mass is 9.96. The summed E-state index contributed by atoms with van der Waals surface area (Å²) >= 11 is 0. The molecular formula is C14H21NO2. The highest BCUT2D eigenvalue weighted by molar-refractivity contribution is 5.38. The third-order valence-corrected chi connectivity index (χ3v) is 3.32. The highest BCUT2D eigenvalue weighted by Crippen LogP contribution is 2.28. The zero-order valence-electron chi connectivity index (χ0n) is 10.7. The van der Waals surface area contributed by atoms with Gasteiger partial charge in [-0.05, 0) is 37.1 Å². The fraction of sp³-hybridized carbons (Fsp3) is 0.571. The molecule has 1 aliphatic rings. The Morgan fingerprint density at radius 1 is 1.29 bits per heavy atom. The minimum atomic E-state index is 0.491. The van der Waals surface area contributed by atoms with Crippen LogP contribution in [-0.2, 0) is 11.3 Å². The van der Waals surface area contributed by atoms with Crippen LogP contribution < -0.4 is 10.1 Å². The lowest BCUT2D eigenvalue weighted by Crippen LogP contribution is -2.26. The Morgan fingerprint density at radius 3 is 2.82 bits per heavy atom. The van der Waals surface area contributed by atoms with Crippen molar-refractivity contribution in [2.45, 2.75) is 31.9 Å². The second-order valence-corrected chi connectivity index (χ2v) is 4.51. The number of piperidine rings is 1. The molecule has 2 rings (SSSR count). The van der Waals surface area contributed by atoms with Crippen molar-refractivity contribution in [2.24, 2.45) is 0 Å². The first-order valence-corrected chi connectivity index (χ1v) is 6.24. The number of benzene rings is 1. The maximum atomic E-state index is 5.34. The normalized spacial score (nSPS) is 20.2. The Kier molecular flexibility index (Phi) is 4.40. The summed E-state index contributed by atoms with van der Waals surface area (Å²) in [5.74, 6) is 0.909. The van der Waals surface area contributed by atoms with Crippen molar-refractivity contribution in [1.29, 1.82) is 0 Å². The van der Waals surface area contributed by atoms with Crippen LogP contribution in [0.2, 0.25) is 0 Å². The van der Waals surface area contributed by atoms with Crippen LogP contribution in [0.15, 0.2) is 18.2 Å². The lowest BCUT2D eigenvalue weighted by Gasteiger charge is -2.24. The van der Waals surface area contributed by atoms with Crippen molar-refractivity contribution in [2.75, 3.05) is 20.8 Å². The molecule has 0 bridgehead atoms. The van der Waals surface area contributed by atoms with Crippen molar-refractivity contribution < 1.29 is 9.47 Å². The van der Waals surface area contributed by atoms with E-state index in [0.29, 0.717) is 12.6 Å². The summed E-state index contributed by atoms with van der Waals surface area (Å²) in [5, 5.41) is 3.56. The molecule has 1 aromatic rings. The summed E-state index contributed by atoms with van der Waals surface area (Å²) in [5.41, 5.74) is 2.47. The first-order valence-electron chi connectivity index (χ1n) is 6.24. The smallest absolute Gasteiger partial charge is 0.124 e. The minimum absolute atomic E-state index is 0.491. The molecule has 0 amide bonds. The van der Waals surface area contributed by atoms with E-state index in [0.717, 1.165) is 17.9 Å². The molecule has 17 heavy (non-hydrogen) atoms. The van der Waals surface area contributed by atoms with Gasteiger partial charge >= 0.3 is 0 Å². The van der Waals surface area contributed by atoms with Gasteiger partial charge in [-0.2, -0.15) is 0 Å². The van der Waals surface area contributed by atoms with E-state index in [1.807, 2.05) is 6.07 Å². The van der Waals surface area contributed by atoms with Crippen molar-refractivity contribution in [3.05, 3.63) is 29.3 Å². The summed E-state index contributed by atoms with van der Waals surface area (Å²) in [6.07, 6.45) is 3.82. The van der Waals surface area contributed by atoms with E-state index >= 15 is 0 Å². The third-order valence-electron chi connectivity index (χ3n) is 3.32. The Morgan fingerprint density at radius 2 is 2.18 bits per heavy atom. The summed E-state index contributed by atoms with van der Waals surface area (Å²) in [7, 11) is 3.41. The molecule has 0 radical (unpaired) electrons. The molecule has 0 spiro atoms. The van der Waals surface area contributed by atoms with Crippen LogP contribution >= 0.6 is 0 Å². The number of hydrogen-bond acceptors (Lipinski definition) is 3. The van der Waals surface area contributed by atoms with Crippen LogP contribution in [0.5, 0.6) is 5.75 Å². The fourth-order valence-corrected chi connectivity index (χ4v) is 2.42. The van der Waals surface area contributed by atoms with Gasteiger partial charge in [0.2, 0.25) is 0 Å². The van der Waals surface area contributed by atoms with Crippen LogP contribution in [0.25, 0.3) is 0 Å². The maximum Gasteiger partial charge on any atom is 0.124 e. The lowest BCUT2D eigenvalue weighted by molar-refractivity contribution is 0.181. The van der Waals surface area contributed by atoms with Crippen LogP contribution in [0, 0.1) is 0 Å². The van der Waals surface area contributed by atoms with Crippen LogP contribution in [0.4, 0.5) is 0 Å². The maximum absolute atomic E-state index is 5.34. The van der Waals surface area contributed by atoms with Gasteiger partial charge in [0.1, 0.15) is 5.75 Å². The Balaban J connectivity index is 2.19. The van der Waals surface area contributed by atoms with Gasteiger partial charge in [-0.15, -0.1) is 0 Å². The monoisotopic (exact) mass is 235 g/mol. The molecular weight excluding hydrogens is 214 g/mol. The second kappa shape index (κ2) is 6.03. The number of nitrogens with one attached hydrogen (secondary N) is 1. The molecule has 1 fully saturated rings. The first-order chi connectivity index (χ1) is 8.35. The second-order valence-electron chi connectivity index (χ2n) is 4.51. The molecule has 1 atom stereocenters. The van der Waals surface area contributed by atoms with Crippen molar-refractivity contribution in [3.63, 3.8) is 0 Å². The van der Waals surface area contributed by atoms with Crippen molar-refractivity contribution >= 4 is 0 Å². The topological polar surface area (TPSA) is 30.5 Å². The average molecular weight is 235 g/mol. The fourth-order valence-electron chi connectivity index (χ4n) is 2.42. The molecule has 1 unspecified atom stereocenters. The molecule has 0 aliphatic carbocycles. The van der Waals surface area contributed by atoms with E-state index < -0.39 is 0 Å². The van der Waals surface area contributed by atoms with Gasteiger partial charge in [0.05, 0.1) is 13.7 Å². The molecule has 94 valence electrons. The standard InChI is InChI=1S/C14H21NO2/c1-16-10-12-9-11(6-7-14(12)17-2)13-5-3-4-8-15-13/h6-7,9,13,15H,3-5,8,10H2,1-2H3. The predicted octanol–water partition coefficient (Wildman–Crippen LogP) is 2.66. The van der Waals surface area contributed by atoms with Crippen molar-refractivity contribution in [3.8, 4) is 5.75 Å². The Labute approximate surface area is 103 Å². The number of hydrogen-bond donors (Lipinski definition) is 1. The van der Waals surface area contributed by atoms with Gasteiger partial charge in [0.15, 0.2) is 0 Å². The summed E-state index contributed by atoms with van der Waals surface area (Å²) in [6, 6.07) is 6.89. The zero-order valence-corrected chi connectivity index (χ0v) is 10.7. The van der Waals surface area contributed by atoms with E-state index in [1.165, 1.54) is 24.8 Å². The largest absolute Gasteiger partial charge is 0.496 e. The van der Waals surface area contributed by atoms with Crippen LogP contribution in [0.3, 0.4) is 0 Å². The van der Waals surface area contributed by atoms with Crippen LogP contribution in [0.1, 0.15) is 36.4 Å². The molecule has 0 aromatic heterocycles. The van der Waals surface area contributed by atoms with Gasteiger partial charge in [-0.3, -0.25) is 0 Å². The molecule has 1 heterocycles. The quantitative estimate of drug-likeness (QED) is 0.870. The third kappa shape index (κ3) is 2.99. The molecule has 3 heteroatoms. The molecule has 1 saturated heterocycles. The molecule has 1 aliphatic heterocycles. The zero-order chi connectivity index (χ0) is 12.1. The molecule has 0 saturated carbocycles. The van der Waals surface area contributed by atoms with Gasteiger partial charge < -0.3 is 14.8 Å². The van der Waals surface area contributed by atoms with E-state index in [9.17, 15) is 0 Å². The predicted molar refractivity (Wildman–Crippen MR) is 68.3 cm³/mol. The van der Waals surface area contributed by atoms with Crippen LogP contribution in [-0.4, -0.2) is 20.8 Å². The molecule has 1 N–H and O–H groups in total. The Hall–Kier alpha value is -1.06. The van der Waals surface area contributed by atoms with Gasteiger partial charge in [0.25, 0.3) is 0 Å². The van der Waals surface area contributed by atoms with Gasteiger partial charge in [-0.1, -0.05) is 12.5 Å². The average Bonchev–Trinajstić information content (AvgIpc) is 2.40. The highest BCUT2D eigenvalue weighted by atomic mass is 16.5. The number of methoxy groups -OCH3 is 2. The van der Waals surface area contributed by atoms with E-state index in [2.05, 4.69) is 17.4 Å².